The van der Waals surface area contributed by atoms with E-state index in [0.717, 1.165) is 78.6 Å². The van der Waals surface area contributed by atoms with Crippen LogP contribution in [0, 0.1) is 5.92 Å². The predicted octanol–water partition coefficient (Wildman–Crippen LogP) is 11.9. The van der Waals surface area contributed by atoms with Crippen LogP contribution in [0.5, 0.6) is 0 Å². The minimum absolute atomic E-state index is 0.213. The second-order valence-corrected chi connectivity index (χ2v) is 14.2. The van der Waals surface area contributed by atoms with Crippen LogP contribution in [-0.4, -0.2) is 19.9 Å². The van der Waals surface area contributed by atoms with Gasteiger partial charge < -0.3 is 0 Å². The Kier molecular flexibility index (Phi) is 6.96. The molecule has 4 heteroatoms. The molecule has 4 nitrogen and oxygen atoms in total. The first-order valence-electron chi connectivity index (χ1n) is 18.4. The molecule has 0 N–H and O–H groups in total. The van der Waals surface area contributed by atoms with E-state index in [9.17, 15) is 0 Å². The van der Waals surface area contributed by atoms with Crippen LogP contribution >= 0.6 is 0 Å². The molecule has 54 heavy (non-hydrogen) atoms. The van der Waals surface area contributed by atoms with Crippen molar-refractivity contribution >= 4 is 27.4 Å². The molecule has 0 aliphatic heterocycles. The van der Waals surface area contributed by atoms with E-state index in [1.807, 2.05) is 24.5 Å². The second kappa shape index (κ2) is 12.3. The van der Waals surface area contributed by atoms with Gasteiger partial charge in [-0.3, -0.25) is 9.97 Å². The maximum absolute atomic E-state index is 5.31. The molecular formula is C50H32N4. The van der Waals surface area contributed by atoms with Gasteiger partial charge in [0.25, 0.3) is 0 Å². The summed E-state index contributed by atoms with van der Waals surface area (Å²) >= 11 is 0. The molecule has 4 aromatic carbocycles. The lowest BCUT2D eigenvalue weighted by molar-refractivity contribution is 0.834. The lowest BCUT2D eigenvalue weighted by Crippen LogP contribution is -2.22. The summed E-state index contributed by atoms with van der Waals surface area (Å²) in [4.78, 5) is 19.5. The van der Waals surface area contributed by atoms with Crippen LogP contribution in [0.25, 0.3) is 72.3 Å². The molecule has 0 saturated heterocycles. The van der Waals surface area contributed by atoms with E-state index < -0.39 is 0 Å². The Labute approximate surface area is 313 Å². The number of hydrogen-bond donors (Lipinski definition) is 0. The van der Waals surface area contributed by atoms with Crippen molar-refractivity contribution in [3.8, 4) is 44.9 Å². The van der Waals surface area contributed by atoms with E-state index in [1.54, 1.807) is 0 Å². The Morgan fingerprint density at radius 2 is 1.13 bits per heavy atom. The SMILES string of the molecule is C1=CC2=C3C(=CC=C4C=CC(c5cc(-c6ccc(-c7ccc8ncccc8c7)cc6)nc(-c6ccc(-c7ccc8ncccc8c7)cc6)n5)=C(C=C2)C43)C1. The van der Waals surface area contributed by atoms with Gasteiger partial charge in [0.15, 0.2) is 5.82 Å². The number of hydrogen-bond acceptors (Lipinski definition) is 4. The summed E-state index contributed by atoms with van der Waals surface area (Å²) < 4.78 is 0. The molecule has 1 unspecified atom stereocenters. The van der Waals surface area contributed by atoms with E-state index in [2.05, 4.69) is 162 Å². The molecule has 0 bridgehead atoms. The molecule has 0 spiro atoms. The normalized spacial score (nSPS) is 16.9. The zero-order valence-corrected chi connectivity index (χ0v) is 29.3. The first-order chi connectivity index (χ1) is 26.7. The molecule has 3 aromatic heterocycles. The highest BCUT2D eigenvalue weighted by Crippen LogP contribution is 2.49. The zero-order chi connectivity index (χ0) is 35.6. The lowest BCUT2D eigenvalue weighted by Gasteiger charge is -2.36. The molecule has 252 valence electrons. The maximum atomic E-state index is 5.31. The summed E-state index contributed by atoms with van der Waals surface area (Å²) in [5.74, 6) is 0.917. The number of rotatable bonds is 5. The topological polar surface area (TPSA) is 51.6 Å². The molecule has 4 aliphatic carbocycles. The van der Waals surface area contributed by atoms with Crippen molar-refractivity contribution in [1.82, 2.24) is 19.9 Å². The molecule has 3 heterocycles. The van der Waals surface area contributed by atoms with Gasteiger partial charge in [0, 0.05) is 45.8 Å². The largest absolute Gasteiger partial charge is 0.256 e. The number of pyridine rings is 2. The minimum Gasteiger partial charge on any atom is -0.256 e. The van der Waals surface area contributed by atoms with Crippen LogP contribution in [0.1, 0.15) is 12.1 Å². The number of fused-ring (bicyclic) bond motifs is 2. The Bertz CT molecular complexity index is 2790. The average molecular weight is 689 g/mol. The van der Waals surface area contributed by atoms with Crippen LogP contribution in [0.4, 0.5) is 0 Å². The fourth-order valence-corrected chi connectivity index (χ4v) is 8.35. The molecule has 0 amide bonds. The highest BCUT2D eigenvalue weighted by molar-refractivity contribution is 5.88. The van der Waals surface area contributed by atoms with E-state index in [0.29, 0.717) is 5.82 Å². The monoisotopic (exact) mass is 688 g/mol. The van der Waals surface area contributed by atoms with Gasteiger partial charge in [0.1, 0.15) is 0 Å². The van der Waals surface area contributed by atoms with Crippen LogP contribution < -0.4 is 0 Å². The first-order valence-corrected chi connectivity index (χ1v) is 18.4. The fraction of sp³-hybridized carbons (Fsp3) is 0.0400. The summed E-state index contributed by atoms with van der Waals surface area (Å²) in [5, 5.41) is 2.26. The van der Waals surface area contributed by atoms with Gasteiger partial charge in [-0.05, 0) is 99.0 Å². The van der Waals surface area contributed by atoms with Crippen molar-refractivity contribution in [2.45, 2.75) is 6.42 Å². The zero-order valence-electron chi connectivity index (χ0n) is 29.3. The summed E-state index contributed by atoms with van der Waals surface area (Å²) in [7, 11) is 0. The second-order valence-electron chi connectivity index (χ2n) is 14.2. The molecular weight excluding hydrogens is 657 g/mol. The summed E-state index contributed by atoms with van der Waals surface area (Å²) in [6.45, 7) is 0. The minimum atomic E-state index is 0.213. The van der Waals surface area contributed by atoms with Gasteiger partial charge in [0.05, 0.1) is 22.4 Å². The highest BCUT2D eigenvalue weighted by atomic mass is 14.9. The van der Waals surface area contributed by atoms with Gasteiger partial charge >= 0.3 is 0 Å². The number of benzene rings is 4. The van der Waals surface area contributed by atoms with E-state index in [1.165, 1.54) is 27.9 Å². The van der Waals surface area contributed by atoms with Crippen molar-refractivity contribution in [2.75, 3.05) is 0 Å². The van der Waals surface area contributed by atoms with Crippen molar-refractivity contribution in [3.05, 3.63) is 210 Å². The molecule has 11 rings (SSSR count). The molecule has 0 saturated carbocycles. The van der Waals surface area contributed by atoms with Crippen molar-refractivity contribution in [2.24, 2.45) is 5.92 Å². The number of allylic oxidation sites excluding steroid dienone is 14. The molecule has 0 radical (unpaired) electrons. The molecule has 0 fully saturated rings. The van der Waals surface area contributed by atoms with Gasteiger partial charge in [-0.15, -0.1) is 0 Å². The quantitative estimate of drug-likeness (QED) is 0.181. The predicted molar refractivity (Wildman–Crippen MR) is 220 cm³/mol. The van der Waals surface area contributed by atoms with Crippen LogP contribution in [0.2, 0.25) is 0 Å². The van der Waals surface area contributed by atoms with Crippen LogP contribution in [0.3, 0.4) is 0 Å². The van der Waals surface area contributed by atoms with Crippen molar-refractivity contribution in [3.63, 3.8) is 0 Å². The Morgan fingerprint density at radius 1 is 0.500 bits per heavy atom. The summed E-state index contributed by atoms with van der Waals surface area (Å²) in [6, 6.07) is 40.5. The Hall–Kier alpha value is -7.04. The maximum Gasteiger partial charge on any atom is 0.160 e. The van der Waals surface area contributed by atoms with Gasteiger partial charge in [0.2, 0.25) is 0 Å². The lowest BCUT2D eigenvalue weighted by atomic mass is 9.67. The average Bonchev–Trinajstić information content (AvgIpc) is 3.25. The Balaban J connectivity index is 1.02. The van der Waals surface area contributed by atoms with Crippen LogP contribution in [0.15, 0.2) is 204 Å². The third-order valence-electron chi connectivity index (χ3n) is 11.1. The van der Waals surface area contributed by atoms with Crippen molar-refractivity contribution in [1.29, 1.82) is 0 Å². The standard InChI is InChI=1S/C50H32N4/c1-4-34-14-15-36-18-22-42(43-23-19-35(5-1)48(34)49(36)43)47-30-46(33-12-8-31(9-13-33)38-20-24-44-40(28-38)6-2-26-51-44)53-50(54-47)37-16-10-32(11-17-37)39-21-25-45-41(29-39)7-3-27-52-45/h1-3,5-30,49H,4H2. The third-order valence-corrected chi connectivity index (χ3v) is 11.1. The van der Waals surface area contributed by atoms with E-state index in [4.69, 9.17) is 9.97 Å². The Morgan fingerprint density at radius 3 is 1.83 bits per heavy atom. The van der Waals surface area contributed by atoms with Gasteiger partial charge in [-0.1, -0.05) is 121 Å². The summed E-state index contributed by atoms with van der Waals surface area (Å²) in [6.07, 6.45) is 22.9. The van der Waals surface area contributed by atoms with Gasteiger partial charge in [-0.25, -0.2) is 9.97 Å². The van der Waals surface area contributed by atoms with Crippen LogP contribution in [-0.2, 0) is 0 Å². The smallest absolute Gasteiger partial charge is 0.160 e. The van der Waals surface area contributed by atoms with E-state index >= 15 is 0 Å². The number of nitrogens with zero attached hydrogens (tertiary/aromatic N) is 4. The first kappa shape index (κ1) is 30.6. The van der Waals surface area contributed by atoms with Gasteiger partial charge in [-0.2, -0.15) is 0 Å². The molecule has 4 aliphatic rings. The summed E-state index contributed by atoms with van der Waals surface area (Å²) in [5.41, 5.74) is 18.4. The fourth-order valence-electron chi connectivity index (χ4n) is 8.35. The highest BCUT2D eigenvalue weighted by Gasteiger charge is 2.34. The number of aromatic nitrogens is 4. The van der Waals surface area contributed by atoms with E-state index in [-0.39, 0.29) is 5.92 Å². The van der Waals surface area contributed by atoms with Crippen molar-refractivity contribution < 1.29 is 0 Å². The molecule has 1 atom stereocenters. The molecule has 7 aromatic rings. The third kappa shape index (κ3) is 5.14.